The second-order valence-corrected chi connectivity index (χ2v) is 5.78. The lowest BCUT2D eigenvalue weighted by Crippen LogP contribution is -2.41. The number of aromatic nitrogens is 1. The Labute approximate surface area is 98.8 Å². The average molecular weight is 272 g/mol. The highest BCUT2D eigenvalue weighted by atomic mass is 79.9. The largest absolute Gasteiger partial charge is 0.512 e. The van der Waals surface area contributed by atoms with E-state index in [4.69, 9.17) is 9.31 Å². The third-order valence-corrected chi connectivity index (χ3v) is 3.64. The summed E-state index contributed by atoms with van der Waals surface area (Å²) in [6, 6.07) is 1.97. The third-order valence-electron chi connectivity index (χ3n) is 3.18. The van der Waals surface area contributed by atoms with E-state index in [-0.39, 0.29) is 18.3 Å². The van der Waals surface area contributed by atoms with Crippen molar-refractivity contribution in [3.8, 4) is 0 Å². The molecule has 1 aromatic rings. The van der Waals surface area contributed by atoms with E-state index in [0.717, 1.165) is 10.1 Å². The number of hydrogen-bond donors (Lipinski definition) is 1. The fraction of sp³-hybridized carbons (Fsp3) is 0.600. The first-order chi connectivity index (χ1) is 6.82. The molecule has 0 amide bonds. The Bertz CT molecular complexity index is 359. The third kappa shape index (κ3) is 1.88. The van der Waals surface area contributed by atoms with Crippen molar-refractivity contribution in [2.45, 2.75) is 38.9 Å². The van der Waals surface area contributed by atoms with Crippen LogP contribution in [0.5, 0.6) is 0 Å². The summed E-state index contributed by atoms with van der Waals surface area (Å²) in [5.74, 6) is 0. The van der Waals surface area contributed by atoms with Crippen LogP contribution in [0.2, 0.25) is 0 Å². The molecular weight excluding hydrogens is 257 g/mol. The highest BCUT2D eigenvalue weighted by molar-refractivity contribution is 9.10. The summed E-state index contributed by atoms with van der Waals surface area (Å²) in [5, 5.41) is 0. The summed E-state index contributed by atoms with van der Waals surface area (Å²) in [7, 11) is -0.304. The van der Waals surface area contributed by atoms with Crippen molar-refractivity contribution in [3.05, 3.63) is 16.7 Å². The Kier molecular flexibility index (Phi) is 2.52. The monoisotopic (exact) mass is 271 g/mol. The van der Waals surface area contributed by atoms with Gasteiger partial charge in [-0.05, 0) is 49.7 Å². The molecule has 1 aromatic heterocycles. The Hall–Kier alpha value is -0.255. The number of rotatable bonds is 1. The summed E-state index contributed by atoms with van der Waals surface area (Å²) >= 11 is 3.39. The van der Waals surface area contributed by atoms with Crippen LogP contribution in [-0.2, 0) is 9.31 Å². The van der Waals surface area contributed by atoms with Gasteiger partial charge in [0.1, 0.15) is 0 Å². The first kappa shape index (κ1) is 11.2. The Morgan fingerprint density at radius 3 is 2.13 bits per heavy atom. The van der Waals surface area contributed by atoms with E-state index in [1.807, 2.05) is 40.0 Å². The maximum atomic E-state index is 5.89. The molecule has 0 saturated carbocycles. The molecule has 82 valence electrons. The lowest BCUT2D eigenvalue weighted by Gasteiger charge is -2.32. The summed E-state index contributed by atoms with van der Waals surface area (Å²) in [6.07, 6.45) is 1.88. The van der Waals surface area contributed by atoms with E-state index in [1.54, 1.807) is 0 Å². The summed E-state index contributed by atoms with van der Waals surface area (Å²) in [6.45, 7) is 8.19. The molecule has 0 radical (unpaired) electrons. The van der Waals surface area contributed by atoms with E-state index in [0.29, 0.717) is 0 Å². The molecule has 1 aliphatic heterocycles. The molecule has 1 N–H and O–H groups in total. The molecule has 15 heavy (non-hydrogen) atoms. The summed E-state index contributed by atoms with van der Waals surface area (Å²) in [5.41, 5.74) is 0.380. The van der Waals surface area contributed by atoms with Gasteiger partial charge in [0.25, 0.3) is 0 Å². The molecule has 0 atom stereocenters. The lowest BCUT2D eigenvalue weighted by atomic mass is 9.85. The van der Waals surface area contributed by atoms with Crippen LogP contribution in [0.25, 0.3) is 0 Å². The van der Waals surface area contributed by atoms with Crippen molar-refractivity contribution in [3.63, 3.8) is 0 Å². The van der Waals surface area contributed by atoms with Crippen LogP contribution in [-0.4, -0.2) is 23.3 Å². The minimum atomic E-state index is -0.304. The van der Waals surface area contributed by atoms with Gasteiger partial charge in [0.05, 0.1) is 11.2 Å². The topological polar surface area (TPSA) is 34.2 Å². The molecule has 0 aliphatic carbocycles. The van der Waals surface area contributed by atoms with Crippen molar-refractivity contribution in [1.29, 1.82) is 0 Å². The van der Waals surface area contributed by atoms with Gasteiger partial charge in [-0.15, -0.1) is 0 Å². The van der Waals surface area contributed by atoms with Crippen LogP contribution in [0.3, 0.4) is 0 Å². The number of nitrogens with one attached hydrogen (secondary N) is 1. The molecular formula is C10H15BBrNO2. The van der Waals surface area contributed by atoms with E-state index < -0.39 is 0 Å². The molecule has 0 aromatic carbocycles. The zero-order valence-electron chi connectivity index (χ0n) is 9.43. The second kappa shape index (κ2) is 3.37. The first-order valence-corrected chi connectivity index (χ1v) is 5.81. The molecule has 1 aliphatic rings. The molecule has 1 saturated heterocycles. The molecule has 0 spiro atoms. The van der Waals surface area contributed by atoms with Crippen LogP contribution < -0.4 is 5.59 Å². The van der Waals surface area contributed by atoms with Crippen LogP contribution >= 0.6 is 15.9 Å². The maximum Gasteiger partial charge on any atom is 0.512 e. The second-order valence-electron chi connectivity index (χ2n) is 4.86. The van der Waals surface area contributed by atoms with Gasteiger partial charge in [-0.25, -0.2) is 0 Å². The van der Waals surface area contributed by atoms with Gasteiger partial charge >= 0.3 is 7.12 Å². The molecule has 0 bridgehead atoms. The minimum absolute atomic E-state index is 0.282. The van der Waals surface area contributed by atoms with Crippen LogP contribution in [0.15, 0.2) is 16.7 Å². The predicted molar refractivity (Wildman–Crippen MR) is 64.2 cm³/mol. The van der Waals surface area contributed by atoms with Crippen molar-refractivity contribution in [2.75, 3.05) is 0 Å². The molecule has 3 nitrogen and oxygen atoms in total. The van der Waals surface area contributed by atoms with Gasteiger partial charge in [0, 0.05) is 16.3 Å². The zero-order valence-corrected chi connectivity index (χ0v) is 11.0. The SMILES string of the molecule is CC1(C)OB(c2cc(Br)c[nH]2)OC1(C)C. The van der Waals surface area contributed by atoms with Crippen LogP contribution in [0.4, 0.5) is 0 Å². The van der Waals surface area contributed by atoms with Gasteiger partial charge in [-0.1, -0.05) is 0 Å². The molecule has 1 fully saturated rings. The highest BCUT2D eigenvalue weighted by Gasteiger charge is 2.52. The highest BCUT2D eigenvalue weighted by Crippen LogP contribution is 2.36. The minimum Gasteiger partial charge on any atom is -0.398 e. The first-order valence-electron chi connectivity index (χ1n) is 5.01. The smallest absolute Gasteiger partial charge is 0.398 e. The van der Waals surface area contributed by atoms with E-state index in [9.17, 15) is 0 Å². The van der Waals surface area contributed by atoms with Gasteiger partial charge in [-0.2, -0.15) is 0 Å². The fourth-order valence-corrected chi connectivity index (χ4v) is 1.85. The van der Waals surface area contributed by atoms with Crippen molar-refractivity contribution in [2.24, 2.45) is 0 Å². The van der Waals surface area contributed by atoms with Crippen molar-refractivity contribution in [1.82, 2.24) is 4.98 Å². The van der Waals surface area contributed by atoms with Gasteiger partial charge in [0.2, 0.25) is 0 Å². The molecule has 2 heterocycles. The Morgan fingerprint density at radius 2 is 1.73 bits per heavy atom. The van der Waals surface area contributed by atoms with E-state index in [1.165, 1.54) is 0 Å². The zero-order chi connectivity index (χ0) is 11.3. The Morgan fingerprint density at radius 1 is 1.20 bits per heavy atom. The van der Waals surface area contributed by atoms with Gasteiger partial charge < -0.3 is 14.3 Å². The van der Waals surface area contributed by atoms with Crippen LogP contribution in [0, 0.1) is 0 Å². The quantitative estimate of drug-likeness (QED) is 0.794. The number of halogens is 1. The fourth-order valence-electron chi connectivity index (χ4n) is 1.49. The molecule has 2 rings (SSSR count). The Balaban J connectivity index is 2.23. The standard InChI is InChI=1S/C10H15BBrNO2/c1-9(2)10(3,4)15-11(14-9)8-5-7(12)6-13-8/h5-6,13H,1-4H3. The normalized spacial score (nSPS) is 23.4. The van der Waals surface area contributed by atoms with E-state index >= 15 is 0 Å². The lowest BCUT2D eigenvalue weighted by molar-refractivity contribution is 0.00578. The van der Waals surface area contributed by atoms with Crippen LogP contribution in [0.1, 0.15) is 27.7 Å². The van der Waals surface area contributed by atoms with E-state index in [2.05, 4.69) is 20.9 Å². The predicted octanol–water partition coefficient (Wildman–Crippen LogP) is 2.08. The number of H-pyrrole nitrogens is 1. The molecule has 0 unspecified atom stereocenters. The summed E-state index contributed by atoms with van der Waals surface area (Å²) < 4.78 is 12.8. The summed E-state index contributed by atoms with van der Waals surface area (Å²) in [4.78, 5) is 3.13. The maximum absolute atomic E-state index is 5.89. The average Bonchev–Trinajstić information content (AvgIpc) is 2.56. The van der Waals surface area contributed by atoms with Gasteiger partial charge in [0.15, 0.2) is 0 Å². The molecule has 5 heteroatoms. The van der Waals surface area contributed by atoms with Crippen molar-refractivity contribution < 1.29 is 9.31 Å². The number of hydrogen-bond acceptors (Lipinski definition) is 2. The van der Waals surface area contributed by atoms with Gasteiger partial charge in [-0.3, -0.25) is 0 Å². The number of aromatic amines is 1. The van der Waals surface area contributed by atoms with Crippen molar-refractivity contribution >= 4 is 28.6 Å².